The predicted molar refractivity (Wildman–Crippen MR) is 97.9 cm³/mol. The molecule has 3 rings (SSSR count). The van der Waals surface area contributed by atoms with Crippen molar-refractivity contribution in [2.75, 3.05) is 10.2 Å². The van der Waals surface area contributed by atoms with E-state index in [-0.39, 0.29) is 6.04 Å². The van der Waals surface area contributed by atoms with Crippen molar-refractivity contribution >= 4 is 40.7 Å². The van der Waals surface area contributed by atoms with Gasteiger partial charge in [-0.05, 0) is 37.2 Å². The van der Waals surface area contributed by atoms with E-state index in [1.165, 1.54) is 11.1 Å². The predicted octanol–water partition coefficient (Wildman–Crippen LogP) is 3.35. The molecule has 0 fully saturated rings. The summed E-state index contributed by atoms with van der Waals surface area (Å²) in [6, 6.07) is 10.4. The summed E-state index contributed by atoms with van der Waals surface area (Å²) in [6.45, 7) is 5.66. The highest BCUT2D eigenvalue weighted by atomic mass is 35.5. The molecule has 0 radical (unpaired) electrons. The van der Waals surface area contributed by atoms with Crippen LogP contribution in [0.3, 0.4) is 0 Å². The van der Waals surface area contributed by atoms with Gasteiger partial charge in [-0.25, -0.2) is 4.98 Å². The van der Waals surface area contributed by atoms with Crippen molar-refractivity contribution < 1.29 is 0 Å². The third-order valence-corrected chi connectivity index (χ3v) is 3.90. The number of nitrogens with zero attached hydrogens (tertiary/aromatic N) is 3. The van der Waals surface area contributed by atoms with E-state index in [1.807, 2.05) is 13.8 Å². The Morgan fingerprint density at radius 2 is 1.87 bits per heavy atom. The number of thiocarbonyl (C=S) groups is 1. The minimum Gasteiger partial charge on any atom is -0.360 e. The molecule has 1 aliphatic heterocycles. The minimum atomic E-state index is 0.238. The number of anilines is 2. The first-order chi connectivity index (χ1) is 11.0. The Morgan fingerprint density at radius 1 is 1.22 bits per heavy atom. The van der Waals surface area contributed by atoms with E-state index in [4.69, 9.17) is 23.8 Å². The maximum absolute atomic E-state index is 6.15. The van der Waals surface area contributed by atoms with E-state index in [1.54, 1.807) is 6.07 Å². The Kier molecular flexibility index (Phi) is 4.63. The summed E-state index contributed by atoms with van der Waals surface area (Å²) in [7, 11) is 0. The van der Waals surface area contributed by atoms with Gasteiger partial charge in [-0.15, -0.1) is 0 Å². The van der Waals surface area contributed by atoms with Crippen molar-refractivity contribution in [1.82, 2.24) is 15.3 Å². The van der Waals surface area contributed by atoms with Gasteiger partial charge in [0.25, 0.3) is 0 Å². The lowest BCUT2D eigenvalue weighted by Crippen LogP contribution is -2.34. The van der Waals surface area contributed by atoms with Crippen LogP contribution < -0.4 is 15.5 Å². The molecule has 0 saturated carbocycles. The fourth-order valence-electron chi connectivity index (χ4n) is 2.52. The molecule has 0 aliphatic carbocycles. The number of rotatable bonds is 3. The van der Waals surface area contributed by atoms with Crippen molar-refractivity contribution in [1.29, 1.82) is 0 Å². The Balaban J connectivity index is 1.78. The summed E-state index contributed by atoms with van der Waals surface area (Å²) in [5.41, 5.74) is 2.63. The van der Waals surface area contributed by atoms with Crippen LogP contribution in [-0.4, -0.2) is 21.1 Å². The number of nitrogens with one attached hydrogen (secondary N) is 2. The van der Waals surface area contributed by atoms with Crippen molar-refractivity contribution in [3.63, 3.8) is 0 Å². The molecule has 5 nitrogen and oxygen atoms in total. The van der Waals surface area contributed by atoms with Gasteiger partial charge in [0.15, 0.2) is 5.11 Å². The van der Waals surface area contributed by atoms with E-state index >= 15 is 0 Å². The van der Waals surface area contributed by atoms with Gasteiger partial charge in [0.1, 0.15) is 11.0 Å². The lowest BCUT2D eigenvalue weighted by Gasteiger charge is -2.18. The van der Waals surface area contributed by atoms with Gasteiger partial charge < -0.3 is 15.5 Å². The topological polar surface area (TPSA) is 53.1 Å². The molecule has 0 unspecified atom stereocenters. The van der Waals surface area contributed by atoms with E-state index in [2.05, 4.69) is 49.8 Å². The highest BCUT2D eigenvalue weighted by Gasteiger charge is 2.20. The molecule has 1 aliphatic rings. The molecular weight excluding hydrogens is 330 g/mol. The van der Waals surface area contributed by atoms with Crippen LogP contribution in [0.15, 0.2) is 30.3 Å². The molecule has 0 atom stereocenters. The van der Waals surface area contributed by atoms with Gasteiger partial charge >= 0.3 is 0 Å². The lowest BCUT2D eigenvalue weighted by molar-refractivity contribution is 0.738. The molecule has 23 heavy (non-hydrogen) atoms. The number of halogens is 1. The second-order valence-corrected chi connectivity index (χ2v) is 6.55. The van der Waals surface area contributed by atoms with Crippen LogP contribution in [-0.2, 0) is 13.1 Å². The second-order valence-electron chi connectivity index (χ2n) is 5.75. The highest BCUT2D eigenvalue weighted by Crippen LogP contribution is 2.28. The summed E-state index contributed by atoms with van der Waals surface area (Å²) >= 11 is 11.4. The monoisotopic (exact) mass is 347 g/mol. The zero-order valence-corrected chi connectivity index (χ0v) is 14.6. The number of benzene rings is 1. The van der Waals surface area contributed by atoms with E-state index in [0.29, 0.717) is 16.2 Å². The molecule has 2 N–H and O–H groups in total. The molecule has 1 aromatic carbocycles. The molecule has 2 heterocycles. The van der Waals surface area contributed by atoms with Gasteiger partial charge in [0.05, 0.1) is 0 Å². The quantitative estimate of drug-likeness (QED) is 0.656. The molecule has 0 bridgehead atoms. The van der Waals surface area contributed by atoms with Crippen LogP contribution >= 0.6 is 23.8 Å². The smallest absolute Gasteiger partial charge is 0.232 e. The van der Waals surface area contributed by atoms with Crippen LogP contribution in [0.4, 0.5) is 11.8 Å². The van der Waals surface area contributed by atoms with Gasteiger partial charge in [-0.1, -0.05) is 35.9 Å². The summed E-state index contributed by atoms with van der Waals surface area (Å²) in [5, 5.41) is 6.96. The second kappa shape index (κ2) is 6.68. The fourth-order valence-corrected chi connectivity index (χ4v) is 3.02. The maximum Gasteiger partial charge on any atom is 0.232 e. The molecular formula is C16H18ClN5S. The molecule has 0 amide bonds. The number of aromatic nitrogens is 2. The standard InChI is InChI=1S/C16H18ClN5S/c1-10(2)18-16(23)21-15-19-13(17)7-14(20-15)22-8-11-5-3-4-6-12(11)9-22/h3-7,10H,8-9H2,1-2H3,(H2,18,19,20,21,23). The molecule has 7 heteroatoms. The fraction of sp³-hybridized carbons (Fsp3) is 0.312. The van der Waals surface area contributed by atoms with Gasteiger partial charge in [-0.2, -0.15) is 4.98 Å². The normalized spacial score (nSPS) is 13.1. The maximum atomic E-state index is 6.15. The van der Waals surface area contributed by atoms with Crippen LogP contribution in [0.1, 0.15) is 25.0 Å². The number of hydrogen-bond donors (Lipinski definition) is 2. The Morgan fingerprint density at radius 3 is 2.48 bits per heavy atom. The van der Waals surface area contributed by atoms with Crippen molar-refractivity contribution in [3.8, 4) is 0 Å². The first-order valence-corrected chi connectivity index (χ1v) is 8.23. The zero-order valence-electron chi connectivity index (χ0n) is 13.0. The SMILES string of the molecule is CC(C)NC(=S)Nc1nc(Cl)cc(N2Cc3ccccc3C2)n1. The van der Waals surface area contributed by atoms with Gasteiger partial charge in [-0.3, -0.25) is 0 Å². The average Bonchev–Trinajstić information content (AvgIpc) is 2.89. The zero-order chi connectivity index (χ0) is 16.4. The molecule has 0 saturated heterocycles. The van der Waals surface area contributed by atoms with Crippen LogP contribution in [0.2, 0.25) is 5.15 Å². The largest absolute Gasteiger partial charge is 0.360 e. The Labute approximate surface area is 146 Å². The molecule has 120 valence electrons. The van der Waals surface area contributed by atoms with Gasteiger partial charge in [0.2, 0.25) is 5.95 Å². The third kappa shape index (κ3) is 3.89. The first-order valence-electron chi connectivity index (χ1n) is 7.45. The van der Waals surface area contributed by atoms with E-state index in [0.717, 1.165) is 18.9 Å². The van der Waals surface area contributed by atoms with Crippen LogP contribution in [0.25, 0.3) is 0 Å². The lowest BCUT2D eigenvalue weighted by atomic mass is 10.1. The summed E-state index contributed by atoms with van der Waals surface area (Å²) in [4.78, 5) is 10.9. The Hall–Kier alpha value is -1.92. The summed E-state index contributed by atoms with van der Waals surface area (Å²) in [5.74, 6) is 1.19. The van der Waals surface area contributed by atoms with Crippen molar-refractivity contribution in [2.24, 2.45) is 0 Å². The molecule has 2 aromatic rings. The van der Waals surface area contributed by atoms with E-state index in [9.17, 15) is 0 Å². The molecule has 0 spiro atoms. The minimum absolute atomic E-state index is 0.238. The van der Waals surface area contributed by atoms with E-state index < -0.39 is 0 Å². The highest BCUT2D eigenvalue weighted by molar-refractivity contribution is 7.80. The average molecular weight is 348 g/mol. The number of hydrogen-bond acceptors (Lipinski definition) is 4. The summed E-state index contributed by atoms with van der Waals surface area (Å²) in [6.07, 6.45) is 0. The summed E-state index contributed by atoms with van der Waals surface area (Å²) < 4.78 is 0. The van der Waals surface area contributed by atoms with Crippen molar-refractivity contribution in [2.45, 2.75) is 33.0 Å². The molecule has 1 aromatic heterocycles. The Bertz CT molecular complexity index is 709. The van der Waals surface area contributed by atoms with Gasteiger partial charge in [0, 0.05) is 25.2 Å². The van der Waals surface area contributed by atoms with Crippen LogP contribution in [0.5, 0.6) is 0 Å². The van der Waals surface area contributed by atoms with Crippen LogP contribution in [0, 0.1) is 0 Å². The number of fused-ring (bicyclic) bond motifs is 1. The third-order valence-electron chi connectivity index (χ3n) is 3.49. The first kappa shape index (κ1) is 16.0. The van der Waals surface area contributed by atoms with Crippen molar-refractivity contribution in [3.05, 3.63) is 46.6 Å².